The number of halogens is 1. The normalized spacial score (nSPS) is 11.2. The third-order valence-electron chi connectivity index (χ3n) is 4.40. The van der Waals surface area contributed by atoms with Gasteiger partial charge in [-0.05, 0) is 42.5 Å². The van der Waals surface area contributed by atoms with Gasteiger partial charge in [0.05, 0.1) is 10.4 Å². The van der Waals surface area contributed by atoms with E-state index < -0.39 is 10.0 Å². The number of benzene rings is 2. The second-order valence-corrected chi connectivity index (χ2v) is 8.10. The molecule has 0 atom stereocenters. The van der Waals surface area contributed by atoms with E-state index in [-0.39, 0.29) is 17.3 Å². The third-order valence-corrected chi connectivity index (χ3v) is 5.31. The van der Waals surface area contributed by atoms with E-state index in [4.69, 9.17) is 5.14 Å². The van der Waals surface area contributed by atoms with E-state index in [1.807, 2.05) is 43.4 Å². The quantitative estimate of drug-likeness (QED) is 0.484. The molecule has 11 heteroatoms. The van der Waals surface area contributed by atoms with Crippen LogP contribution in [0.2, 0.25) is 0 Å². The molecule has 2 heterocycles. The average molecular weight is 446 g/mol. The van der Waals surface area contributed by atoms with Crippen molar-refractivity contribution in [3.63, 3.8) is 0 Å². The van der Waals surface area contributed by atoms with Crippen LogP contribution in [0.1, 0.15) is 0 Å². The number of nitrogens with two attached hydrogens (primary N) is 1. The van der Waals surface area contributed by atoms with Gasteiger partial charge in [-0.15, -0.1) is 12.4 Å². The summed E-state index contributed by atoms with van der Waals surface area (Å²) in [6, 6.07) is 13.9. The molecule has 0 aliphatic carbocycles. The maximum Gasteiger partial charge on any atom is 0.238 e. The highest BCUT2D eigenvalue weighted by Gasteiger charge is 2.11. The monoisotopic (exact) mass is 445 g/mol. The molecule has 156 valence electrons. The van der Waals surface area contributed by atoms with Gasteiger partial charge in [0.1, 0.15) is 5.82 Å². The van der Waals surface area contributed by atoms with Crippen LogP contribution in [0.5, 0.6) is 0 Å². The number of nitrogens with one attached hydrogen (secondary N) is 1. The van der Waals surface area contributed by atoms with Gasteiger partial charge in [0.15, 0.2) is 0 Å². The maximum atomic E-state index is 11.5. The van der Waals surface area contributed by atoms with Crippen molar-refractivity contribution in [3.8, 4) is 0 Å². The molecule has 0 aliphatic heterocycles. The van der Waals surface area contributed by atoms with E-state index >= 15 is 0 Å². The highest BCUT2D eigenvalue weighted by Crippen LogP contribution is 2.26. The van der Waals surface area contributed by atoms with Gasteiger partial charge in [-0.25, -0.2) is 18.5 Å². The Morgan fingerprint density at radius 2 is 1.93 bits per heavy atom. The Morgan fingerprint density at radius 3 is 2.70 bits per heavy atom. The van der Waals surface area contributed by atoms with Crippen molar-refractivity contribution in [2.75, 3.05) is 17.3 Å². The fourth-order valence-corrected chi connectivity index (χ4v) is 3.50. The van der Waals surface area contributed by atoms with Gasteiger partial charge in [-0.1, -0.05) is 6.07 Å². The first-order chi connectivity index (χ1) is 13.8. The van der Waals surface area contributed by atoms with Crippen LogP contribution in [-0.4, -0.2) is 35.2 Å². The number of sulfonamides is 1. The fraction of sp³-hybridized carbons (Fsp3) is 0.105. The van der Waals surface area contributed by atoms with Crippen molar-refractivity contribution in [1.29, 1.82) is 0 Å². The largest absolute Gasteiger partial charge is 0.329 e. The maximum absolute atomic E-state index is 11.5. The van der Waals surface area contributed by atoms with Crippen molar-refractivity contribution in [2.45, 2.75) is 4.90 Å². The molecule has 4 aromatic rings. The summed E-state index contributed by atoms with van der Waals surface area (Å²) in [5.74, 6) is 1.00. The summed E-state index contributed by atoms with van der Waals surface area (Å²) >= 11 is 0. The zero-order chi connectivity index (χ0) is 20.6. The summed E-state index contributed by atoms with van der Waals surface area (Å²) < 4.78 is 24.9. The first kappa shape index (κ1) is 21.5. The van der Waals surface area contributed by atoms with Crippen LogP contribution in [0.15, 0.2) is 65.8 Å². The molecule has 0 radical (unpaired) electrons. The number of hydrogen-bond acceptors (Lipinski definition) is 7. The first-order valence-electron chi connectivity index (χ1n) is 8.70. The second-order valence-electron chi connectivity index (χ2n) is 6.54. The summed E-state index contributed by atoms with van der Waals surface area (Å²) in [6.45, 7) is 0. The summed E-state index contributed by atoms with van der Waals surface area (Å²) in [5, 5.41) is 13.7. The van der Waals surface area contributed by atoms with Crippen molar-refractivity contribution in [1.82, 2.24) is 19.7 Å². The van der Waals surface area contributed by atoms with Crippen LogP contribution in [0.3, 0.4) is 0 Å². The Balaban J connectivity index is 0.00000256. The molecule has 0 amide bonds. The Morgan fingerprint density at radius 1 is 1.13 bits per heavy atom. The first-order valence-corrected chi connectivity index (χ1v) is 10.2. The van der Waals surface area contributed by atoms with Crippen LogP contribution in [0.4, 0.5) is 23.1 Å². The third kappa shape index (κ3) is 4.51. The van der Waals surface area contributed by atoms with E-state index in [1.165, 1.54) is 12.1 Å². The van der Waals surface area contributed by atoms with Crippen molar-refractivity contribution in [3.05, 3.63) is 60.9 Å². The Bertz CT molecular complexity index is 1310. The minimum absolute atomic E-state index is 0. The lowest BCUT2D eigenvalue weighted by molar-refractivity contribution is 0.598. The van der Waals surface area contributed by atoms with Gasteiger partial charge in [0.25, 0.3) is 0 Å². The van der Waals surface area contributed by atoms with E-state index in [0.717, 1.165) is 16.6 Å². The molecule has 0 saturated heterocycles. The molecule has 9 nitrogen and oxygen atoms in total. The number of rotatable bonds is 5. The molecular weight excluding hydrogens is 426 g/mol. The number of anilines is 4. The minimum atomic E-state index is -3.79. The van der Waals surface area contributed by atoms with Gasteiger partial charge < -0.3 is 10.2 Å². The van der Waals surface area contributed by atoms with E-state index in [1.54, 1.807) is 29.1 Å². The van der Waals surface area contributed by atoms with Gasteiger partial charge in [0.2, 0.25) is 16.0 Å². The fourth-order valence-electron chi connectivity index (χ4n) is 2.94. The Labute approximate surface area is 180 Å². The molecule has 2 aromatic carbocycles. The molecule has 30 heavy (non-hydrogen) atoms. The number of fused-ring (bicyclic) bond motifs is 1. The predicted molar refractivity (Wildman–Crippen MR) is 119 cm³/mol. The zero-order valence-electron chi connectivity index (χ0n) is 16.2. The summed E-state index contributed by atoms with van der Waals surface area (Å²) in [6.07, 6.45) is 3.59. The number of nitrogens with zero attached hydrogens (tertiary/aromatic N) is 5. The molecule has 0 bridgehead atoms. The predicted octanol–water partition coefficient (Wildman–Crippen LogP) is 2.94. The minimum Gasteiger partial charge on any atom is -0.329 e. The molecule has 0 aliphatic rings. The number of aromatic nitrogens is 4. The Kier molecular flexibility index (Phi) is 5.92. The molecule has 0 spiro atoms. The van der Waals surface area contributed by atoms with E-state index in [0.29, 0.717) is 17.5 Å². The van der Waals surface area contributed by atoms with Crippen LogP contribution >= 0.6 is 12.4 Å². The molecule has 2 aromatic heterocycles. The molecular formula is C19H20ClN7O2S. The summed E-state index contributed by atoms with van der Waals surface area (Å²) in [4.78, 5) is 10.7. The molecule has 4 rings (SSSR count). The van der Waals surface area contributed by atoms with E-state index in [9.17, 15) is 8.42 Å². The van der Waals surface area contributed by atoms with Gasteiger partial charge in [0, 0.05) is 43.3 Å². The molecule has 0 saturated carbocycles. The molecule has 3 N–H and O–H groups in total. The molecule has 0 fully saturated rings. The highest BCUT2D eigenvalue weighted by atomic mass is 35.5. The van der Waals surface area contributed by atoms with Crippen molar-refractivity contribution >= 4 is 56.5 Å². The van der Waals surface area contributed by atoms with E-state index in [2.05, 4.69) is 20.4 Å². The van der Waals surface area contributed by atoms with Crippen LogP contribution in [0.25, 0.3) is 10.9 Å². The van der Waals surface area contributed by atoms with Crippen molar-refractivity contribution < 1.29 is 8.42 Å². The average Bonchev–Trinajstić information content (AvgIpc) is 3.06. The smallest absolute Gasteiger partial charge is 0.238 e. The Hall–Kier alpha value is -3.21. The summed E-state index contributed by atoms with van der Waals surface area (Å²) in [7, 11) is -0.00199. The van der Waals surface area contributed by atoms with Gasteiger partial charge in [-0.2, -0.15) is 10.1 Å². The number of aryl methyl sites for hydroxylation is 1. The van der Waals surface area contributed by atoms with Crippen LogP contribution in [0, 0.1) is 0 Å². The lowest BCUT2D eigenvalue weighted by Gasteiger charge is -2.19. The van der Waals surface area contributed by atoms with Crippen LogP contribution < -0.4 is 15.4 Å². The lowest BCUT2D eigenvalue weighted by Crippen LogP contribution is -2.13. The SMILES string of the molecule is CN(c1ccc2cn(C)nc2c1)c1ccnc(Nc2cccc(S(N)(=O)=O)c2)n1.Cl. The zero-order valence-corrected chi connectivity index (χ0v) is 17.9. The van der Waals surface area contributed by atoms with Crippen LogP contribution in [-0.2, 0) is 17.1 Å². The lowest BCUT2D eigenvalue weighted by atomic mass is 10.2. The van der Waals surface area contributed by atoms with Gasteiger partial charge >= 0.3 is 0 Å². The second kappa shape index (κ2) is 8.27. The highest BCUT2D eigenvalue weighted by molar-refractivity contribution is 7.89. The number of primary sulfonamides is 1. The topological polar surface area (TPSA) is 119 Å². The van der Waals surface area contributed by atoms with Crippen molar-refractivity contribution in [2.24, 2.45) is 12.2 Å². The number of hydrogen-bond donors (Lipinski definition) is 2. The van der Waals surface area contributed by atoms with Gasteiger partial charge in [-0.3, -0.25) is 4.68 Å². The summed E-state index contributed by atoms with van der Waals surface area (Å²) in [5.41, 5.74) is 2.34. The standard InChI is InChI=1S/C19H19N7O2S.ClH/c1-25-12-13-6-7-15(11-17(13)24-25)26(2)18-8-9-21-19(23-18)22-14-4-3-5-16(10-14)29(20,27)28;/h3-12H,1-2H3,(H2,20,27,28)(H,21,22,23);1H. The molecule has 0 unspecified atom stereocenters.